The van der Waals surface area contributed by atoms with Crippen molar-refractivity contribution in [3.63, 3.8) is 0 Å². The highest BCUT2D eigenvalue weighted by Crippen LogP contribution is 2.42. The summed E-state index contributed by atoms with van der Waals surface area (Å²) in [5.74, 6) is 0.156. The van der Waals surface area contributed by atoms with E-state index >= 15 is 0 Å². The number of hydrogen-bond donors (Lipinski definition) is 1. The first-order valence-corrected chi connectivity index (χ1v) is 10.4. The minimum Gasteiger partial charge on any atom is -0.394 e. The van der Waals surface area contributed by atoms with Gasteiger partial charge in [0.1, 0.15) is 0 Å². The van der Waals surface area contributed by atoms with Crippen LogP contribution in [-0.2, 0) is 4.79 Å². The highest BCUT2D eigenvalue weighted by atomic mass is 28.3. The molecule has 4 heteroatoms. The third-order valence-electron chi connectivity index (χ3n) is 5.08. The number of amides is 1. The van der Waals surface area contributed by atoms with Crippen LogP contribution in [0.25, 0.3) is 0 Å². The molecule has 1 amide bonds. The summed E-state index contributed by atoms with van der Waals surface area (Å²) in [7, 11) is -2.59. The third-order valence-corrected chi connectivity index (χ3v) is 10.9. The van der Waals surface area contributed by atoms with Crippen LogP contribution >= 0.6 is 0 Å². The Kier molecular flexibility index (Phi) is 4.36. The van der Waals surface area contributed by atoms with Gasteiger partial charge in [-0.25, -0.2) is 0 Å². The fourth-order valence-corrected chi connectivity index (χ4v) is 10.0. The number of benzene rings is 2. The molecule has 0 radical (unpaired) electrons. The second-order valence-corrected chi connectivity index (χ2v) is 12.1. The highest BCUT2D eigenvalue weighted by Gasteiger charge is 2.59. The van der Waals surface area contributed by atoms with Gasteiger partial charge in [-0.05, 0) is 15.4 Å². The molecule has 3 nitrogen and oxygen atoms in total. The normalized spacial score (nSPS) is 18.4. The van der Waals surface area contributed by atoms with Crippen molar-refractivity contribution in [2.75, 3.05) is 6.61 Å². The Morgan fingerprint density at radius 2 is 1.46 bits per heavy atom. The lowest BCUT2D eigenvalue weighted by molar-refractivity contribution is -0.140. The van der Waals surface area contributed by atoms with Crippen molar-refractivity contribution in [2.45, 2.75) is 38.3 Å². The summed E-state index contributed by atoms with van der Waals surface area (Å²) >= 11 is 0. The molecule has 0 saturated carbocycles. The zero-order valence-electron chi connectivity index (χ0n) is 14.6. The minimum absolute atomic E-state index is 0.0240. The van der Waals surface area contributed by atoms with E-state index in [0.29, 0.717) is 6.42 Å². The molecule has 2 aromatic rings. The van der Waals surface area contributed by atoms with Gasteiger partial charge in [-0.1, -0.05) is 81.4 Å². The maximum Gasteiger partial charge on any atom is 0.228 e. The fraction of sp³-hybridized carbons (Fsp3) is 0.350. The van der Waals surface area contributed by atoms with Crippen LogP contribution < -0.4 is 10.4 Å². The highest BCUT2D eigenvalue weighted by molar-refractivity contribution is 7.03. The molecule has 3 rings (SSSR count). The Hall–Kier alpha value is -1.91. The molecule has 1 fully saturated rings. The van der Waals surface area contributed by atoms with Crippen molar-refractivity contribution in [3.05, 3.63) is 60.7 Å². The van der Waals surface area contributed by atoms with Crippen molar-refractivity contribution in [3.8, 4) is 0 Å². The summed E-state index contributed by atoms with van der Waals surface area (Å²) in [5, 5.41) is 12.1. The van der Waals surface area contributed by atoms with E-state index in [4.69, 9.17) is 0 Å². The van der Waals surface area contributed by atoms with Crippen molar-refractivity contribution < 1.29 is 9.90 Å². The molecule has 1 heterocycles. The summed E-state index contributed by atoms with van der Waals surface area (Å²) < 4.78 is 2.04. The summed E-state index contributed by atoms with van der Waals surface area (Å²) in [6.45, 7) is 6.69. The number of aliphatic hydroxyl groups excluding tert-OH is 1. The largest absolute Gasteiger partial charge is 0.394 e. The van der Waals surface area contributed by atoms with E-state index in [1.807, 2.05) is 41.0 Å². The molecule has 0 bridgehead atoms. The van der Waals surface area contributed by atoms with Gasteiger partial charge in [-0.2, -0.15) is 0 Å². The van der Waals surface area contributed by atoms with Crippen LogP contribution in [0.15, 0.2) is 60.7 Å². The zero-order valence-corrected chi connectivity index (χ0v) is 15.6. The first-order valence-electron chi connectivity index (χ1n) is 8.47. The van der Waals surface area contributed by atoms with Gasteiger partial charge >= 0.3 is 0 Å². The van der Waals surface area contributed by atoms with Gasteiger partial charge < -0.3 is 9.67 Å². The molecule has 0 aliphatic carbocycles. The number of aliphatic hydroxyl groups is 1. The summed E-state index contributed by atoms with van der Waals surface area (Å²) in [6, 6.07) is 20.7. The predicted octanol–water partition coefficient (Wildman–Crippen LogP) is 2.14. The van der Waals surface area contributed by atoms with E-state index < -0.39 is 8.24 Å². The van der Waals surface area contributed by atoms with Crippen LogP contribution in [0, 0.1) is 0 Å². The number of nitrogens with zero attached hydrogens (tertiary/aromatic N) is 1. The molecule has 126 valence electrons. The van der Waals surface area contributed by atoms with Crippen molar-refractivity contribution in [1.82, 2.24) is 4.57 Å². The molecule has 0 spiro atoms. The van der Waals surface area contributed by atoms with Crippen LogP contribution in [0.5, 0.6) is 0 Å². The number of hydrogen-bond acceptors (Lipinski definition) is 2. The van der Waals surface area contributed by atoms with Crippen molar-refractivity contribution >= 4 is 24.5 Å². The Balaban J connectivity index is 2.32. The lowest BCUT2D eigenvalue weighted by Crippen LogP contribution is -2.81. The number of carbonyl (C=O) groups excluding carboxylic acids is 1. The number of carbonyl (C=O) groups is 1. The van der Waals surface area contributed by atoms with Gasteiger partial charge in [-0.3, -0.25) is 4.79 Å². The average Bonchev–Trinajstić information content (AvgIpc) is 2.57. The van der Waals surface area contributed by atoms with Crippen LogP contribution in [-0.4, -0.2) is 36.5 Å². The molecule has 1 N–H and O–H groups in total. The van der Waals surface area contributed by atoms with E-state index in [1.165, 1.54) is 10.4 Å². The van der Waals surface area contributed by atoms with Crippen molar-refractivity contribution in [1.29, 1.82) is 0 Å². The topological polar surface area (TPSA) is 40.5 Å². The second-order valence-electron chi connectivity index (χ2n) is 7.50. The SMILES string of the molecule is CC(C)(C)[Si](c1ccccc1)(c1ccccc1)N1C(=O)C[C@H]1CO. The van der Waals surface area contributed by atoms with E-state index in [9.17, 15) is 9.90 Å². The van der Waals surface area contributed by atoms with Gasteiger partial charge in [0, 0.05) is 6.42 Å². The summed E-state index contributed by atoms with van der Waals surface area (Å²) in [6.07, 6.45) is 0.445. The zero-order chi connectivity index (χ0) is 17.4. The Morgan fingerprint density at radius 3 is 1.79 bits per heavy atom. The second kappa shape index (κ2) is 6.19. The fourth-order valence-electron chi connectivity index (χ4n) is 4.12. The number of β-lactam (4-membered cyclic amide) rings is 1. The van der Waals surface area contributed by atoms with Gasteiger partial charge in [0.25, 0.3) is 0 Å². The lowest BCUT2D eigenvalue weighted by atomic mass is 10.1. The quantitative estimate of drug-likeness (QED) is 0.685. The van der Waals surface area contributed by atoms with Crippen LogP contribution in [0.2, 0.25) is 5.04 Å². The molecule has 0 aromatic heterocycles. The lowest BCUT2D eigenvalue weighted by Gasteiger charge is -2.57. The maximum absolute atomic E-state index is 12.7. The van der Waals surface area contributed by atoms with Gasteiger partial charge in [-0.15, -0.1) is 0 Å². The maximum atomic E-state index is 12.7. The Morgan fingerprint density at radius 1 is 1.00 bits per heavy atom. The molecule has 1 aliphatic heterocycles. The van der Waals surface area contributed by atoms with E-state index in [-0.39, 0.29) is 23.6 Å². The van der Waals surface area contributed by atoms with Gasteiger partial charge in [0.15, 0.2) is 0 Å². The van der Waals surface area contributed by atoms with E-state index in [0.717, 1.165) is 0 Å². The van der Waals surface area contributed by atoms with Crippen LogP contribution in [0.3, 0.4) is 0 Å². The van der Waals surface area contributed by atoms with E-state index in [2.05, 4.69) is 45.0 Å². The molecule has 1 aliphatic rings. The molecular weight excluding hydrogens is 314 g/mol. The van der Waals surface area contributed by atoms with Gasteiger partial charge in [0.05, 0.1) is 12.6 Å². The van der Waals surface area contributed by atoms with Crippen LogP contribution in [0.4, 0.5) is 0 Å². The third kappa shape index (κ3) is 2.41. The van der Waals surface area contributed by atoms with Crippen LogP contribution in [0.1, 0.15) is 27.2 Å². The molecule has 24 heavy (non-hydrogen) atoms. The Bertz CT molecular complexity index is 670. The molecule has 1 atom stereocenters. The first kappa shape index (κ1) is 16.9. The first-order chi connectivity index (χ1) is 11.4. The monoisotopic (exact) mass is 339 g/mol. The predicted molar refractivity (Wildman–Crippen MR) is 100.0 cm³/mol. The average molecular weight is 340 g/mol. The minimum atomic E-state index is -2.59. The molecule has 2 aromatic carbocycles. The van der Waals surface area contributed by atoms with E-state index in [1.54, 1.807) is 0 Å². The summed E-state index contributed by atoms with van der Waals surface area (Å²) in [5.41, 5.74) is 0. The smallest absolute Gasteiger partial charge is 0.228 e. The number of rotatable bonds is 4. The molecular formula is C20H25NO2Si. The van der Waals surface area contributed by atoms with Crippen molar-refractivity contribution in [2.24, 2.45) is 0 Å². The summed E-state index contributed by atoms with van der Waals surface area (Å²) in [4.78, 5) is 12.7. The molecule has 1 saturated heterocycles. The molecule has 0 unspecified atom stereocenters. The van der Waals surface area contributed by atoms with Gasteiger partial charge in [0.2, 0.25) is 14.1 Å². The Labute approximate surface area is 145 Å². The standard InChI is InChI=1S/C20H25NO2Si/c1-20(2,3)24(17-10-6-4-7-11-17,18-12-8-5-9-13-18)21-16(15-22)14-19(21)23/h4-13,16,22H,14-15H2,1-3H3/t16-/m0/s1.